The molecular weight excluding hydrogens is 270 g/mol. The minimum Gasteiger partial charge on any atom is -0.377 e. The van der Waals surface area contributed by atoms with Crippen molar-refractivity contribution in [3.05, 3.63) is 11.9 Å². The van der Waals surface area contributed by atoms with Crippen LogP contribution in [0.1, 0.15) is 19.2 Å². The fraction of sp³-hybridized carbons (Fsp3) is 0.643. The van der Waals surface area contributed by atoms with Crippen molar-refractivity contribution in [1.82, 2.24) is 14.9 Å². The molecule has 1 saturated heterocycles. The van der Waals surface area contributed by atoms with Crippen molar-refractivity contribution >= 4 is 17.5 Å². The normalized spacial score (nSPS) is 16.0. The van der Waals surface area contributed by atoms with Gasteiger partial charge in [0, 0.05) is 39.9 Å². The predicted octanol–water partition coefficient (Wildman–Crippen LogP) is 0.723. The van der Waals surface area contributed by atoms with E-state index in [1.165, 1.54) is 0 Å². The van der Waals surface area contributed by atoms with Gasteiger partial charge in [-0.25, -0.2) is 9.97 Å². The molecule has 7 heteroatoms. The van der Waals surface area contributed by atoms with Crippen molar-refractivity contribution in [2.45, 2.75) is 20.0 Å². The summed E-state index contributed by atoms with van der Waals surface area (Å²) in [7, 11) is 3.46. The van der Waals surface area contributed by atoms with E-state index in [1.807, 2.05) is 24.9 Å². The molecule has 1 aromatic rings. The maximum absolute atomic E-state index is 12.0. The Balaban J connectivity index is 2.25. The summed E-state index contributed by atoms with van der Waals surface area (Å²) in [5.74, 6) is 2.27. The molecule has 21 heavy (non-hydrogen) atoms. The standard InChI is InChI=1S/C14H23N5O2/c1-4-15-11-8-13(17-12(16-11)10-21-3)19-7-5-6-18(2)14(20)9-19/h8H,4-7,9-10H2,1-3H3,(H,15,16,17). The lowest BCUT2D eigenvalue weighted by Crippen LogP contribution is -2.35. The summed E-state index contributed by atoms with van der Waals surface area (Å²) >= 11 is 0. The molecule has 1 amide bonds. The zero-order valence-corrected chi connectivity index (χ0v) is 12.9. The lowest BCUT2D eigenvalue weighted by atomic mass is 10.3. The Morgan fingerprint density at radius 3 is 2.90 bits per heavy atom. The van der Waals surface area contributed by atoms with Gasteiger partial charge in [-0.2, -0.15) is 0 Å². The third kappa shape index (κ3) is 4.04. The average molecular weight is 293 g/mol. The van der Waals surface area contributed by atoms with Gasteiger partial charge in [0.15, 0.2) is 5.82 Å². The number of aromatic nitrogens is 2. The second kappa shape index (κ2) is 7.21. The Morgan fingerprint density at radius 1 is 1.38 bits per heavy atom. The Labute approximate surface area is 125 Å². The minimum absolute atomic E-state index is 0.115. The van der Waals surface area contributed by atoms with Crippen molar-refractivity contribution < 1.29 is 9.53 Å². The van der Waals surface area contributed by atoms with Crippen LogP contribution in [0.2, 0.25) is 0 Å². The van der Waals surface area contributed by atoms with Gasteiger partial charge in [-0.1, -0.05) is 0 Å². The molecule has 1 aromatic heterocycles. The number of likely N-dealkylation sites (N-methyl/N-ethyl adjacent to an activating group) is 1. The van der Waals surface area contributed by atoms with Crippen LogP contribution < -0.4 is 10.2 Å². The number of methoxy groups -OCH3 is 1. The van der Waals surface area contributed by atoms with Crippen molar-refractivity contribution in [2.75, 3.05) is 50.6 Å². The lowest BCUT2D eigenvalue weighted by Gasteiger charge is -2.22. The van der Waals surface area contributed by atoms with Gasteiger partial charge in [-0.3, -0.25) is 4.79 Å². The molecular formula is C14H23N5O2. The van der Waals surface area contributed by atoms with E-state index in [9.17, 15) is 4.79 Å². The van der Waals surface area contributed by atoms with E-state index in [1.54, 1.807) is 12.0 Å². The highest BCUT2D eigenvalue weighted by Crippen LogP contribution is 2.18. The van der Waals surface area contributed by atoms with Crippen LogP contribution in [0.3, 0.4) is 0 Å². The van der Waals surface area contributed by atoms with Gasteiger partial charge in [-0.15, -0.1) is 0 Å². The molecule has 2 rings (SSSR count). The molecule has 1 N–H and O–H groups in total. The molecule has 0 radical (unpaired) electrons. The summed E-state index contributed by atoms with van der Waals surface area (Å²) in [5, 5.41) is 3.19. The number of nitrogens with one attached hydrogen (secondary N) is 1. The number of rotatable bonds is 5. The van der Waals surface area contributed by atoms with Crippen molar-refractivity contribution in [3.63, 3.8) is 0 Å². The second-order valence-corrected chi connectivity index (χ2v) is 5.08. The van der Waals surface area contributed by atoms with Crippen molar-refractivity contribution in [3.8, 4) is 0 Å². The number of hydrogen-bond acceptors (Lipinski definition) is 6. The molecule has 1 fully saturated rings. The SMILES string of the molecule is CCNc1cc(N2CCCN(C)C(=O)C2)nc(COC)n1. The molecule has 1 aliphatic rings. The van der Waals surface area contributed by atoms with Crippen LogP contribution in [-0.4, -0.2) is 61.1 Å². The largest absolute Gasteiger partial charge is 0.377 e. The van der Waals surface area contributed by atoms with E-state index in [0.717, 1.165) is 37.7 Å². The van der Waals surface area contributed by atoms with E-state index in [4.69, 9.17) is 4.74 Å². The number of anilines is 2. The highest BCUT2D eigenvalue weighted by atomic mass is 16.5. The number of ether oxygens (including phenoxy) is 1. The first-order valence-electron chi connectivity index (χ1n) is 7.23. The quantitative estimate of drug-likeness (QED) is 0.863. The number of carbonyl (C=O) groups is 1. The molecule has 0 atom stereocenters. The Hall–Kier alpha value is -1.89. The van der Waals surface area contributed by atoms with Gasteiger partial charge in [0.25, 0.3) is 0 Å². The first kappa shape index (κ1) is 15.5. The van der Waals surface area contributed by atoms with Gasteiger partial charge in [0.2, 0.25) is 5.91 Å². The first-order valence-corrected chi connectivity index (χ1v) is 7.23. The zero-order valence-electron chi connectivity index (χ0n) is 12.9. The molecule has 0 spiro atoms. The van der Waals surface area contributed by atoms with Gasteiger partial charge < -0.3 is 19.9 Å². The number of amides is 1. The van der Waals surface area contributed by atoms with Crippen LogP contribution in [0.25, 0.3) is 0 Å². The van der Waals surface area contributed by atoms with Gasteiger partial charge in [0.1, 0.15) is 18.2 Å². The van der Waals surface area contributed by atoms with E-state index < -0.39 is 0 Å². The van der Waals surface area contributed by atoms with E-state index in [2.05, 4.69) is 15.3 Å². The molecule has 0 aliphatic carbocycles. The van der Waals surface area contributed by atoms with Crippen LogP contribution in [-0.2, 0) is 16.1 Å². The van der Waals surface area contributed by atoms with Gasteiger partial charge >= 0.3 is 0 Å². The van der Waals surface area contributed by atoms with E-state index >= 15 is 0 Å². The molecule has 7 nitrogen and oxygen atoms in total. The maximum Gasteiger partial charge on any atom is 0.241 e. The third-order valence-electron chi connectivity index (χ3n) is 3.39. The molecule has 0 unspecified atom stereocenters. The summed E-state index contributed by atoms with van der Waals surface area (Å²) in [5.41, 5.74) is 0. The van der Waals surface area contributed by atoms with Crippen molar-refractivity contribution in [1.29, 1.82) is 0 Å². The fourth-order valence-corrected chi connectivity index (χ4v) is 2.29. The molecule has 0 bridgehead atoms. The summed E-state index contributed by atoms with van der Waals surface area (Å²) in [6.45, 7) is 5.10. The lowest BCUT2D eigenvalue weighted by molar-refractivity contribution is -0.127. The summed E-state index contributed by atoms with van der Waals surface area (Å²) in [4.78, 5) is 24.7. The van der Waals surface area contributed by atoms with Crippen LogP contribution in [0.15, 0.2) is 6.07 Å². The zero-order chi connectivity index (χ0) is 15.2. The Kier molecular flexibility index (Phi) is 5.32. The molecule has 0 aromatic carbocycles. The van der Waals surface area contributed by atoms with Gasteiger partial charge in [0.05, 0.1) is 6.54 Å². The van der Waals surface area contributed by atoms with Crippen LogP contribution in [0, 0.1) is 0 Å². The number of hydrogen-bond donors (Lipinski definition) is 1. The fourth-order valence-electron chi connectivity index (χ4n) is 2.29. The van der Waals surface area contributed by atoms with Gasteiger partial charge in [-0.05, 0) is 13.3 Å². The molecule has 116 valence electrons. The second-order valence-electron chi connectivity index (χ2n) is 5.08. The molecule has 2 heterocycles. The van der Waals surface area contributed by atoms with Crippen LogP contribution in [0.5, 0.6) is 0 Å². The summed E-state index contributed by atoms with van der Waals surface area (Å²) in [6, 6.07) is 1.89. The van der Waals surface area contributed by atoms with Crippen LogP contribution in [0.4, 0.5) is 11.6 Å². The van der Waals surface area contributed by atoms with E-state index in [0.29, 0.717) is 19.0 Å². The van der Waals surface area contributed by atoms with E-state index in [-0.39, 0.29) is 5.91 Å². The molecule has 0 saturated carbocycles. The number of nitrogens with zero attached hydrogens (tertiary/aromatic N) is 4. The first-order chi connectivity index (χ1) is 10.1. The average Bonchev–Trinajstić information content (AvgIpc) is 2.62. The summed E-state index contributed by atoms with van der Waals surface area (Å²) < 4.78 is 5.12. The number of carbonyl (C=O) groups excluding carboxylic acids is 1. The van der Waals surface area contributed by atoms with Crippen LogP contribution >= 0.6 is 0 Å². The predicted molar refractivity (Wildman–Crippen MR) is 81.4 cm³/mol. The Morgan fingerprint density at radius 2 is 2.19 bits per heavy atom. The topological polar surface area (TPSA) is 70.6 Å². The minimum atomic E-state index is 0.115. The Bertz CT molecular complexity index is 470. The molecule has 1 aliphatic heterocycles. The maximum atomic E-state index is 12.0. The third-order valence-corrected chi connectivity index (χ3v) is 3.39. The highest BCUT2D eigenvalue weighted by Gasteiger charge is 2.21. The summed E-state index contributed by atoms with van der Waals surface area (Å²) in [6.07, 6.45) is 0.933. The highest BCUT2D eigenvalue weighted by molar-refractivity contribution is 5.81. The monoisotopic (exact) mass is 293 g/mol. The van der Waals surface area contributed by atoms with Crippen molar-refractivity contribution in [2.24, 2.45) is 0 Å². The smallest absolute Gasteiger partial charge is 0.241 e.